The molecule has 0 saturated heterocycles. The van der Waals surface area contributed by atoms with Gasteiger partial charge in [0.15, 0.2) is 6.04 Å². The third-order valence-electron chi connectivity index (χ3n) is 2.43. The number of hydrogen-bond acceptors (Lipinski definition) is 4. The fraction of sp³-hybridized carbons (Fsp3) is 0.333. The van der Waals surface area contributed by atoms with Gasteiger partial charge in [0.25, 0.3) is 0 Å². The number of carboxylic acid groups (broad SMARTS) is 1. The van der Waals surface area contributed by atoms with Crippen molar-refractivity contribution >= 4 is 22.0 Å². The van der Waals surface area contributed by atoms with Crippen molar-refractivity contribution < 1.29 is 23.1 Å². The molecule has 116 valence electrons. The fourth-order valence-corrected chi connectivity index (χ4v) is 2.00. The van der Waals surface area contributed by atoms with Gasteiger partial charge in [-0.2, -0.15) is 0 Å². The van der Waals surface area contributed by atoms with Gasteiger partial charge in [-0.25, -0.2) is 22.7 Å². The van der Waals surface area contributed by atoms with Crippen LogP contribution < -0.4 is 15.4 Å². The number of sulfonamides is 1. The molecule has 1 aromatic rings. The monoisotopic (exact) mass is 315 g/mol. The van der Waals surface area contributed by atoms with Gasteiger partial charge in [-0.05, 0) is 5.56 Å². The molecule has 0 spiro atoms. The maximum Gasteiger partial charge on any atom is 0.330 e. The number of carbonyl (C=O) groups excluding carboxylic acids is 1. The van der Waals surface area contributed by atoms with Crippen LogP contribution in [0.5, 0.6) is 0 Å². The van der Waals surface area contributed by atoms with Gasteiger partial charge in [0.1, 0.15) is 0 Å². The largest absolute Gasteiger partial charge is 0.479 e. The number of urea groups is 1. The molecule has 0 heterocycles. The molecule has 1 atom stereocenters. The Morgan fingerprint density at radius 1 is 1.19 bits per heavy atom. The predicted octanol–water partition coefficient (Wildman–Crippen LogP) is -0.339. The van der Waals surface area contributed by atoms with Crippen molar-refractivity contribution in [3.63, 3.8) is 0 Å². The van der Waals surface area contributed by atoms with E-state index in [4.69, 9.17) is 5.11 Å². The molecule has 0 saturated carbocycles. The van der Waals surface area contributed by atoms with Crippen LogP contribution in [0.25, 0.3) is 0 Å². The fourth-order valence-electron chi connectivity index (χ4n) is 1.53. The van der Waals surface area contributed by atoms with E-state index < -0.39 is 28.1 Å². The van der Waals surface area contributed by atoms with Gasteiger partial charge < -0.3 is 15.7 Å². The Morgan fingerprint density at radius 2 is 1.81 bits per heavy atom. The number of carbonyl (C=O) groups is 2. The van der Waals surface area contributed by atoms with Gasteiger partial charge >= 0.3 is 12.0 Å². The Bertz CT molecular complexity index is 588. The van der Waals surface area contributed by atoms with E-state index in [1.54, 1.807) is 30.3 Å². The number of rotatable bonds is 7. The summed E-state index contributed by atoms with van der Waals surface area (Å²) in [7, 11) is -3.32. The lowest BCUT2D eigenvalue weighted by Gasteiger charge is -2.15. The number of carboxylic acids is 1. The molecule has 0 aliphatic heterocycles. The van der Waals surface area contributed by atoms with E-state index in [2.05, 4.69) is 15.4 Å². The second kappa shape index (κ2) is 7.60. The first-order chi connectivity index (χ1) is 9.79. The Hall–Kier alpha value is -2.13. The van der Waals surface area contributed by atoms with E-state index in [0.717, 1.165) is 6.26 Å². The summed E-state index contributed by atoms with van der Waals surface area (Å²) < 4.78 is 23.8. The summed E-state index contributed by atoms with van der Waals surface area (Å²) >= 11 is 0. The Morgan fingerprint density at radius 3 is 2.33 bits per heavy atom. The number of amides is 2. The lowest BCUT2D eigenvalue weighted by molar-refractivity contribution is -0.139. The smallest absolute Gasteiger partial charge is 0.330 e. The first-order valence-corrected chi connectivity index (χ1v) is 7.95. The summed E-state index contributed by atoms with van der Waals surface area (Å²) in [5, 5.41) is 13.8. The highest BCUT2D eigenvalue weighted by Crippen LogP contribution is 2.12. The summed E-state index contributed by atoms with van der Waals surface area (Å²) in [6.45, 7) is 0.0648. The standard InChI is InChI=1S/C12H17N3O5S/c1-21(19,20)14-8-7-13-12(18)15-10(11(16)17)9-5-3-2-4-6-9/h2-6,10,14H,7-8H2,1H3,(H,16,17)(H2,13,15,18)/t10-/m1/s1. The summed E-state index contributed by atoms with van der Waals surface area (Å²) in [5.41, 5.74) is 0.439. The average Bonchev–Trinajstić information content (AvgIpc) is 2.40. The number of benzene rings is 1. The van der Waals surface area contributed by atoms with Gasteiger partial charge in [0.2, 0.25) is 10.0 Å². The topological polar surface area (TPSA) is 125 Å². The molecule has 1 rings (SSSR count). The molecule has 0 unspecified atom stereocenters. The lowest BCUT2D eigenvalue weighted by Crippen LogP contribution is -2.43. The summed E-state index contributed by atoms with van der Waals surface area (Å²) in [5.74, 6) is -1.19. The first kappa shape index (κ1) is 16.9. The van der Waals surface area contributed by atoms with Crippen LogP contribution in [-0.2, 0) is 14.8 Å². The molecule has 0 fully saturated rings. The minimum Gasteiger partial charge on any atom is -0.479 e. The van der Waals surface area contributed by atoms with Crippen LogP contribution >= 0.6 is 0 Å². The van der Waals surface area contributed by atoms with Crippen LogP contribution in [0.1, 0.15) is 11.6 Å². The number of hydrogen-bond donors (Lipinski definition) is 4. The van der Waals surface area contributed by atoms with Crippen molar-refractivity contribution in [3.05, 3.63) is 35.9 Å². The van der Waals surface area contributed by atoms with Crippen molar-refractivity contribution in [2.24, 2.45) is 0 Å². The van der Waals surface area contributed by atoms with Crippen molar-refractivity contribution in [2.75, 3.05) is 19.3 Å². The van der Waals surface area contributed by atoms with Crippen LogP contribution in [0, 0.1) is 0 Å². The minimum absolute atomic E-state index is 0.0231. The van der Waals surface area contributed by atoms with E-state index >= 15 is 0 Å². The van der Waals surface area contributed by atoms with Crippen molar-refractivity contribution in [3.8, 4) is 0 Å². The van der Waals surface area contributed by atoms with Crippen LogP contribution in [0.2, 0.25) is 0 Å². The third-order valence-corrected chi connectivity index (χ3v) is 3.16. The van der Waals surface area contributed by atoms with Crippen LogP contribution in [0.15, 0.2) is 30.3 Å². The molecule has 9 heteroatoms. The highest BCUT2D eigenvalue weighted by atomic mass is 32.2. The Labute approximate surface area is 122 Å². The second-order valence-corrected chi connectivity index (χ2v) is 6.08. The quantitative estimate of drug-likeness (QED) is 0.512. The average molecular weight is 315 g/mol. The molecule has 8 nitrogen and oxygen atoms in total. The van der Waals surface area contributed by atoms with E-state index in [-0.39, 0.29) is 13.1 Å². The second-order valence-electron chi connectivity index (χ2n) is 4.25. The molecule has 21 heavy (non-hydrogen) atoms. The zero-order valence-corrected chi connectivity index (χ0v) is 12.2. The van der Waals surface area contributed by atoms with Gasteiger partial charge in [-0.15, -0.1) is 0 Å². The normalized spacial score (nSPS) is 12.4. The summed E-state index contributed by atoms with van der Waals surface area (Å²) in [4.78, 5) is 22.8. The van der Waals surface area contributed by atoms with Gasteiger partial charge in [-0.3, -0.25) is 0 Å². The van der Waals surface area contributed by atoms with Crippen molar-refractivity contribution in [1.29, 1.82) is 0 Å². The molecule has 0 aliphatic rings. The first-order valence-electron chi connectivity index (χ1n) is 6.06. The van der Waals surface area contributed by atoms with E-state index in [9.17, 15) is 18.0 Å². The van der Waals surface area contributed by atoms with Crippen LogP contribution in [-0.4, -0.2) is 44.9 Å². The molecular weight excluding hydrogens is 298 g/mol. The molecule has 0 bridgehead atoms. The van der Waals surface area contributed by atoms with Crippen molar-refractivity contribution in [2.45, 2.75) is 6.04 Å². The summed E-state index contributed by atoms with van der Waals surface area (Å²) in [6.07, 6.45) is 1.00. The van der Waals surface area contributed by atoms with Gasteiger partial charge in [0, 0.05) is 13.1 Å². The third kappa shape index (κ3) is 6.72. The van der Waals surface area contributed by atoms with Gasteiger partial charge in [0.05, 0.1) is 6.26 Å². The number of nitrogens with one attached hydrogen (secondary N) is 3. The maximum atomic E-state index is 11.6. The molecule has 0 aliphatic carbocycles. The highest BCUT2D eigenvalue weighted by molar-refractivity contribution is 7.88. The minimum atomic E-state index is -3.32. The van der Waals surface area contributed by atoms with E-state index in [1.807, 2.05) is 0 Å². The molecule has 0 radical (unpaired) electrons. The SMILES string of the molecule is CS(=O)(=O)NCCNC(=O)N[C@@H](C(=O)O)c1ccccc1. The lowest BCUT2D eigenvalue weighted by atomic mass is 10.1. The zero-order chi connectivity index (χ0) is 15.9. The molecular formula is C12H17N3O5S. The molecule has 2 amide bonds. The van der Waals surface area contributed by atoms with Crippen molar-refractivity contribution in [1.82, 2.24) is 15.4 Å². The predicted molar refractivity (Wildman–Crippen MR) is 76.2 cm³/mol. The molecule has 4 N–H and O–H groups in total. The zero-order valence-electron chi connectivity index (χ0n) is 11.4. The molecule has 1 aromatic carbocycles. The van der Waals surface area contributed by atoms with Crippen LogP contribution in [0.4, 0.5) is 4.79 Å². The van der Waals surface area contributed by atoms with Gasteiger partial charge in [-0.1, -0.05) is 30.3 Å². The van der Waals surface area contributed by atoms with E-state index in [1.165, 1.54) is 0 Å². The van der Waals surface area contributed by atoms with E-state index in [0.29, 0.717) is 5.56 Å². The highest BCUT2D eigenvalue weighted by Gasteiger charge is 2.21. The Balaban J connectivity index is 2.49. The Kier molecular flexibility index (Phi) is 6.12. The van der Waals surface area contributed by atoms with Crippen LogP contribution in [0.3, 0.4) is 0 Å². The molecule has 0 aromatic heterocycles. The maximum absolute atomic E-state index is 11.6. The number of aliphatic carboxylic acids is 1. The summed E-state index contributed by atoms with van der Waals surface area (Å²) in [6, 6.07) is 6.38.